The summed E-state index contributed by atoms with van der Waals surface area (Å²) in [7, 11) is 0. The zero-order chi connectivity index (χ0) is 12.2. The van der Waals surface area contributed by atoms with E-state index in [2.05, 4.69) is 5.32 Å². The van der Waals surface area contributed by atoms with Gasteiger partial charge in [0.05, 0.1) is 0 Å². The Hall–Kier alpha value is -0.220. The molecule has 0 bridgehead atoms. The Balaban J connectivity index is 2.33. The molecule has 0 saturated carbocycles. The number of hydrogen-bond acceptors (Lipinski definition) is 4. The maximum Gasteiger partial charge on any atom is 0.323 e. The van der Waals surface area contributed by atoms with Crippen molar-refractivity contribution in [2.24, 2.45) is 0 Å². The Morgan fingerprint density at radius 3 is 2.44 bits per heavy atom. The van der Waals surface area contributed by atoms with Gasteiger partial charge in [-0.1, -0.05) is 0 Å². The van der Waals surface area contributed by atoms with Gasteiger partial charge >= 0.3 is 5.97 Å². The Kier molecular flexibility index (Phi) is 5.12. The maximum atomic E-state index is 11.7. The number of rotatable bonds is 3. The highest BCUT2D eigenvalue weighted by Gasteiger charge is 2.24. The van der Waals surface area contributed by atoms with E-state index in [1.807, 2.05) is 39.5 Å². The van der Waals surface area contributed by atoms with E-state index in [1.165, 1.54) is 11.5 Å². The highest BCUT2D eigenvalue weighted by Crippen LogP contribution is 2.17. The van der Waals surface area contributed by atoms with Gasteiger partial charge in [-0.2, -0.15) is 11.8 Å². The molecule has 0 aromatic heterocycles. The summed E-state index contributed by atoms with van der Waals surface area (Å²) in [6, 6.07) is 0.274. The van der Waals surface area contributed by atoms with Crippen LogP contribution in [0.4, 0.5) is 0 Å². The van der Waals surface area contributed by atoms with E-state index in [4.69, 9.17) is 4.74 Å². The highest BCUT2D eigenvalue weighted by molar-refractivity contribution is 7.99. The topological polar surface area (TPSA) is 38.3 Å². The maximum absolute atomic E-state index is 11.7. The van der Waals surface area contributed by atoms with Crippen molar-refractivity contribution in [3.63, 3.8) is 0 Å². The first kappa shape index (κ1) is 13.8. The summed E-state index contributed by atoms with van der Waals surface area (Å²) in [5.74, 6) is 2.24. The normalized spacial score (nSPS) is 20.5. The number of esters is 1. The minimum Gasteiger partial charge on any atom is -0.459 e. The molecule has 0 aromatic rings. The molecule has 0 aliphatic carbocycles. The Labute approximate surface area is 103 Å². The van der Waals surface area contributed by atoms with Crippen molar-refractivity contribution in [3.8, 4) is 0 Å². The van der Waals surface area contributed by atoms with E-state index >= 15 is 0 Å². The minimum absolute atomic E-state index is 0.147. The number of nitrogens with one attached hydrogen (secondary N) is 1. The van der Waals surface area contributed by atoms with E-state index in [0.717, 1.165) is 12.8 Å². The monoisotopic (exact) mass is 245 g/mol. The molecule has 1 fully saturated rings. The van der Waals surface area contributed by atoms with Gasteiger partial charge in [-0.3, -0.25) is 4.79 Å². The zero-order valence-corrected chi connectivity index (χ0v) is 11.5. The molecule has 16 heavy (non-hydrogen) atoms. The van der Waals surface area contributed by atoms with Crippen molar-refractivity contribution in [2.45, 2.75) is 58.2 Å². The second-order valence-electron chi connectivity index (χ2n) is 5.31. The van der Waals surface area contributed by atoms with E-state index in [9.17, 15) is 4.79 Å². The molecule has 94 valence electrons. The van der Waals surface area contributed by atoms with Gasteiger partial charge in [0.15, 0.2) is 0 Å². The summed E-state index contributed by atoms with van der Waals surface area (Å²) in [6.45, 7) is 7.58. The summed E-state index contributed by atoms with van der Waals surface area (Å²) in [4.78, 5) is 11.7. The van der Waals surface area contributed by atoms with Gasteiger partial charge in [-0.05, 0) is 52.0 Å². The van der Waals surface area contributed by atoms with Crippen molar-refractivity contribution >= 4 is 17.7 Å². The van der Waals surface area contributed by atoms with Crippen LogP contribution in [-0.2, 0) is 9.53 Å². The van der Waals surface area contributed by atoms with Gasteiger partial charge in [-0.15, -0.1) is 0 Å². The molecule has 3 nitrogen and oxygen atoms in total. The second kappa shape index (κ2) is 5.92. The Bertz CT molecular complexity index is 232. The zero-order valence-electron chi connectivity index (χ0n) is 10.7. The molecule has 1 saturated heterocycles. The van der Waals surface area contributed by atoms with Crippen LogP contribution in [0.1, 0.15) is 40.5 Å². The lowest BCUT2D eigenvalue weighted by molar-refractivity contribution is -0.157. The highest BCUT2D eigenvalue weighted by atomic mass is 32.2. The third-order valence-electron chi connectivity index (χ3n) is 2.47. The van der Waals surface area contributed by atoms with E-state index < -0.39 is 5.60 Å². The molecule has 0 radical (unpaired) electrons. The summed E-state index contributed by atoms with van der Waals surface area (Å²) in [6.07, 6.45) is 2.30. The summed E-state index contributed by atoms with van der Waals surface area (Å²) >= 11 is 1.99. The van der Waals surface area contributed by atoms with Crippen molar-refractivity contribution < 1.29 is 9.53 Å². The van der Waals surface area contributed by atoms with Crippen LogP contribution in [0.5, 0.6) is 0 Å². The lowest BCUT2D eigenvalue weighted by atomic mass is 10.1. The molecule has 1 aliphatic heterocycles. The van der Waals surface area contributed by atoms with E-state index in [0.29, 0.717) is 6.04 Å². The lowest BCUT2D eigenvalue weighted by Gasteiger charge is -2.27. The predicted molar refractivity (Wildman–Crippen MR) is 68.8 cm³/mol. The van der Waals surface area contributed by atoms with E-state index in [-0.39, 0.29) is 12.0 Å². The van der Waals surface area contributed by atoms with Crippen LogP contribution in [0.15, 0.2) is 0 Å². The molecule has 1 aliphatic rings. The molecule has 0 spiro atoms. The number of ether oxygens (including phenoxy) is 1. The average molecular weight is 245 g/mol. The predicted octanol–water partition coefficient (Wildman–Crippen LogP) is 2.20. The van der Waals surface area contributed by atoms with Crippen molar-refractivity contribution in [3.05, 3.63) is 0 Å². The number of carbonyl (C=O) groups is 1. The molecule has 1 rings (SSSR count). The van der Waals surface area contributed by atoms with Crippen molar-refractivity contribution in [1.82, 2.24) is 5.32 Å². The smallest absolute Gasteiger partial charge is 0.323 e. The van der Waals surface area contributed by atoms with Crippen molar-refractivity contribution in [2.75, 3.05) is 11.5 Å². The molecular weight excluding hydrogens is 222 g/mol. The molecule has 0 aromatic carbocycles. The molecule has 0 unspecified atom stereocenters. The van der Waals surface area contributed by atoms with Crippen LogP contribution in [0.3, 0.4) is 0 Å². The van der Waals surface area contributed by atoms with Gasteiger partial charge in [0.1, 0.15) is 11.6 Å². The standard InChI is InChI=1S/C12H23NO2S/c1-9(11(14)15-12(2,3)4)13-10-5-7-16-8-6-10/h9-10,13H,5-8H2,1-4H3/t9-/m1/s1. The fraction of sp³-hybridized carbons (Fsp3) is 0.917. The Morgan fingerprint density at radius 2 is 1.94 bits per heavy atom. The van der Waals surface area contributed by atoms with Gasteiger partial charge in [0, 0.05) is 6.04 Å². The molecule has 1 N–H and O–H groups in total. The van der Waals surface area contributed by atoms with Crippen LogP contribution in [0.2, 0.25) is 0 Å². The first-order valence-electron chi connectivity index (χ1n) is 5.95. The molecule has 1 atom stereocenters. The van der Waals surface area contributed by atoms with Crippen LogP contribution in [0, 0.1) is 0 Å². The molecule has 4 heteroatoms. The first-order valence-corrected chi connectivity index (χ1v) is 7.10. The summed E-state index contributed by atoms with van der Waals surface area (Å²) < 4.78 is 5.33. The molecule has 1 heterocycles. The van der Waals surface area contributed by atoms with Gasteiger partial charge < -0.3 is 10.1 Å². The molecular formula is C12H23NO2S. The average Bonchev–Trinajstić information content (AvgIpc) is 2.16. The molecule has 0 amide bonds. The SMILES string of the molecule is C[C@@H](NC1CCSCC1)C(=O)OC(C)(C)C. The number of carbonyl (C=O) groups excluding carboxylic acids is 1. The van der Waals surface area contributed by atoms with Gasteiger partial charge in [-0.25, -0.2) is 0 Å². The lowest BCUT2D eigenvalue weighted by Crippen LogP contribution is -2.45. The third kappa shape index (κ3) is 5.21. The summed E-state index contributed by atoms with van der Waals surface area (Å²) in [5, 5.41) is 3.35. The second-order valence-corrected chi connectivity index (χ2v) is 6.53. The van der Waals surface area contributed by atoms with E-state index in [1.54, 1.807) is 0 Å². The largest absolute Gasteiger partial charge is 0.459 e. The van der Waals surface area contributed by atoms with Crippen LogP contribution < -0.4 is 5.32 Å². The van der Waals surface area contributed by atoms with Crippen LogP contribution in [-0.4, -0.2) is 35.2 Å². The fourth-order valence-electron chi connectivity index (χ4n) is 1.68. The van der Waals surface area contributed by atoms with Crippen LogP contribution in [0.25, 0.3) is 0 Å². The summed E-state index contributed by atoms with van der Waals surface area (Å²) in [5.41, 5.74) is -0.393. The van der Waals surface area contributed by atoms with Crippen LogP contribution >= 0.6 is 11.8 Å². The quantitative estimate of drug-likeness (QED) is 0.774. The first-order chi connectivity index (χ1) is 7.38. The number of hydrogen-bond donors (Lipinski definition) is 1. The van der Waals surface area contributed by atoms with Gasteiger partial charge in [0.2, 0.25) is 0 Å². The Morgan fingerprint density at radius 1 is 1.38 bits per heavy atom. The fourth-order valence-corrected chi connectivity index (χ4v) is 2.78. The van der Waals surface area contributed by atoms with Crippen molar-refractivity contribution in [1.29, 1.82) is 0 Å². The van der Waals surface area contributed by atoms with Gasteiger partial charge in [0.25, 0.3) is 0 Å². The number of thioether (sulfide) groups is 1. The minimum atomic E-state index is -0.393. The third-order valence-corrected chi connectivity index (χ3v) is 3.52.